The molecule has 1 aliphatic rings. The molecule has 0 aliphatic carbocycles. The van der Waals surface area contributed by atoms with Crippen LogP contribution < -0.4 is 10.6 Å². The van der Waals surface area contributed by atoms with Crippen LogP contribution in [0.15, 0.2) is 36.4 Å². The lowest BCUT2D eigenvalue weighted by Gasteiger charge is -2.29. The van der Waals surface area contributed by atoms with Gasteiger partial charge < -0.3 is 25.2 Å². The summed E-state index contributed by atoms with van der Waals surface area (Å²) < 4.78 is 9.15. The molecule has 1 aromatic rings. The fraction of sp³-hybridized carbons (Fsp3) is 0.294. The summed E-state index contributed by atoms with van der Waals surface area (Å²) in [5.41, 5.74) is 0.765. The number of rotatable bonds is 6. The van der Waals surface area contributed by atoms with Crippen molar-refractivity contribution in [2.75, 3.05) is 13.7 Å². The first kappa shape index (κ1) is 19.0. The highest BCUT2D eigenvalue weighted by Gasteiger charge is 2.34. The number of methoxy groups -OCH3 is 1. The second kappa shape index (κ2) is 8.65. The Hall–Kier alpha value is -3.36. The van der Waals surface area contributed by atoms with E-state index in [1.165, 1.54) is 12.1 Å². The van der Waals surface area contributed by atoms with Gasteiger partial charge in [0.15, 0.2) is 0 Å². The molecular formula is C17H18N2O7. The molecule has 138 valence electrons. The minimum absolute atomic E-state index is 0.106. The van der Waals surface area contributed by atoms with Crippen molar-refractivity contribution in [1.82, 2.24) is 10.6 Å². The average molecular weight is 362 g/mol. The predicted octanol–water partition coefficient (Wildman–Crippen LogP) is -0.810. The van der Waals surface area contributed by atoms with Crippen LogP contribution in [0, 0.1) is 0 Å². The smallest absolute Gasteiger partial charge is 0.331 e. The molecule has 1 aliphatic heterocycles. The van der Waals surface area contributed by atoms with Gasteiger partial charge in [-0.1, -0.05) is 12.1 Å². The maximum Gasteiger partial charge on any atom is 0.331 e. The van der Waals surface area contributed by atoms with E-state index in [2.05, 4.69) is 15.4 Å². The number of nitrogens with one attached hydrogen (secondary N) is 2. The molecule has 2 atom stereocenters. The molecule has 3 N–H and O–H groups in total. The molecule has 26 heavy (non-hydrogen) atoms. The third-order valence-corrected chi connectivity index (χ3v) is 3.59. The Kier molecular flexibility index (Phi) is 6.31. The fourth-order valence-electron chi connectivity index (χ4n) is 2.22. The second-order valence-corrected chi connectivity index (χ2v) is 5.48. The van der Waals surface area contributed by atoms with Crippen LogP contribution in [0.4, 0.5) is 0 Å². The summed E-state index contributed by atoms with van der Waals surface area (Å²) in [5.74, 6) is -2.36. The van der Waals surface area contributed by atoms with E-state index >= 15 is 0 Å². The van der Waals surface area contributed by atoms with Crippen LogP contribution >= 0.6 is 0 Å². The summed E-state index contributed by atoms with van der Waals surface area (Å²) in [4.78, 5) is 46.5. The van der Waals surface area contributed by atoms with Gasteiger partial charge in [-0.2, -0.15) is 0 Å². The van der Waals surface area contributed by atoms with Gasteiger partial charge in [-0.15, -0.1) is 0 Å². The van der Waals surface area contributed by atoms with Gasteiger partial charge in [0.25, 0.3) is 0 Å². The van der Waals surface area contributed by atoms with E-state index < -0.39 is 35.8 Å². The molecule has 0 radical (unpaired) electrons. The van der Waals surface area contributed by atoms with Crippen molar-refractivity contribution >= 4 is 23.8 Å². The van der Waals surface area contributed by atoms with Crippen molar-refractivity contribution in [3.63, 3.8) is 0 Å². The predicted molar refractivity (Wildman–Crippen MR) is 87.8 cm³/mol. The van der Waals surface area contributed by atoms with Crippen molar-refractivity contribution in [3.05, 3.63) is 42.0 Å². The minimum Gasteiger partial charge on any atom is -0.508 e. The first-order chi connectivity index (χ1) is 12.4. The Balaban J connectivity index is 1.85. The fourth-order valence-corrected chi connectivity index (χ4v) is 2.22. The quantitative estimate of drug-likeness (QED) is 0.445. The molecule has 2 amide bonds. The summed E-state index contributed by atoms with van der Waals surface area (Å²) >= 11 is 0. The van der Waals surface area contributed by atoms with Gasteiger partial charge in [0.2, 0.25) is 11.8 Å². The van der Waals surface area contributed by atoms with Crippen LogP contribution in [0.3, 0.4) is 0 Å². The van der Waals surface area contributed by atoms with Crippen LogP contribution in [0.1, 0.15) is 5.56 Å². The molecule has 0 unspecified atom stereocenters. The molecular weight excluding hydrogens is 344 g/mol. The Morgan fingerprint density at radius 3 is 2.27 bits per heavy atom. The van der Waals surface area contributed by atoms with Crippen molar-refractivity contribution in [1.29, 1.82) is 0 Å². The number of esters is 2. The topological polar surface area (TPSA) is 131 Å². The Bertz CT molecular complexity index is 727. The lowest BCUT2D eigenvalue weighted by atomic mass is 10.0. The van der Waals surface area contributed by atoms with Gasteiger partial charge >= 0.3 is 11.9 Å². The molecule has 0 saturated carbocycles. The zero-order valence-electron chi connectivity index (χ0n) is 13.9. The average Bonchev–Trinajstić information content (AvgIpc) is 2.63. The molecule has 2 rings (SSSR count). The molecule has 9 heteroatoms. The molecule has 1 fully saturated rings. The van der Waals surface area contributed by atoms with Gasteiger partial charge in [-0.3, -0.25) is 9.59 Å². The van der Waals surface area contributed by atoms with Gasteiger partial charge in [0, 0.05) is 18.6 Å². The third-order valence-electron chi connectivity index (χ3n) is 3.59. The van der Waals surface area contributed by atoms with E-state index in [0.717, 1.165) is 24.8 Å². The summed E-state index contributed by atoms with van der Waals surface area (Å²) in [7, 11) is 1.16. The van der Waals surface area contributed by atoms with Gasteiger partial charge in [-0.05, 0) is 17.7 Å². The van der Waals surface area contributed by atoms with E-state index in [4.69, 9.17) is 4.74 Å². The summed E-state index contributed by atoms with van der Waals surface area (Å²) in [6.07, 6.45) is 2.00. The summed E-state index contributed by atoms with van der Waals surface area (Å²) in [6.45, 7) is -0.367. The number of hydrogen-bond donors (Lipinski definition) is 3. The van der Waals surface area contributed by atoms with E-state index in [-0.39, 0.29) is 18.8 Å². The standard InChI is InChI=1S/C17H18N2O7/c1-25-14(21)6-7-15(22)26-9-13-17(24)18-12(16(23)19-13)8-10-2-4-11(20)5-3-10/h2-7,12-13,20H,8-9H2,1H3,(H,18,24)(H,19,23)/b7-6+/t12-,13-/m0/s1. The van der Waals surface area contributed by atoms with Crippen molar-refractivity contribution in [3.8, 4) is 5.75 Å². The van der Waals surface area contributed by atoms with Crippen molar-refractivity contribution in [2.45, 2.75) is 18.5 Å². The summed E-state index contributed by atoms with van der Waals surface area (Å²) in [5, 5.41) is 14.3. The number of benzene rings is 1. The lowest BCUT2D eigenvalue weighted by Crippen LogP contribution is -2.63. The molecule has 9 nitrogen and oxygen atoms in total. The van der Waals surface area contributed by atoms with E-state index in [1.54, 1.807) is 12.1 Å². The molecule has 1 aromatic carbocycles. The Morgan fingerprint density at radius 2 is 1.62 bits per heavy atom. The number of piperazine rings is 1. The van der Waals surface area contributed by atoms with Gasteiger partial charge in [0.05, 0.1) is 7.11 Å². The number of hydrogen-bond acceptors (Lipinski definition) is 7. The lowest BCUT2D eigenvalue weighted by molar-refractivity contribution is -0.144. The highest BCUT2D eigenvalue weighted by atomic mass is 16.5. The normalized spacial score (nSPS) is 19.6. The van der Waals surface area contributed by atoms with Crippen LogP contribution in [0.25, 0.3) is 0 Å². The number of amides is 2. The third kappa shape index (κ3) is 5.33. The van der Waals surface area contributed by atoms with Crippen LogP contribution in [0.2, 0.25) is 0 Å². The van der Waals surface area contributed by atoms with Crippen LogP contribution in [-0.4, -0.2) is 54.7 Å². The van der Waals surface area contributed by atoms with E-state index in [1.807, 2.05) is 0 Å². The first-order valence-corrected chi connectivity index (χ1v) is 7.70. The number of aromatic hydroxyl groups is 1. The Morgan fingerprint density at radius 1 is 1.04 bits per heavy atom. The highest BCUT2D eigenvalue weighted by molar-refractivity contribution is 5.97. The van der Waals surface area contributed by atoms with Crippen molar-refractivity contribution < 1.29 is 33.8 Å². The monoisotopic (exact) mass is 362 g/mol. The number of phenolic OH excluding ortho intramolecular Hbond substituents is 1. The van der Waals surface area contributed by atoms with E-state index in [9.17, 15) is 24.3 Å². The van der Waals surface area contributed by atoms with Crippen molar-refractivity contribution in [2.24, 2.45) is 0 Å². The zero-order chi connectivity index (χ0) is 19.1. The number of carbonyl (C=O) groups excluding carboxylic acids is 4. The molecule has 1 saturated heterocycles. The Labute approximate surface area is 149 Å². The molecule has 0 aromatic heterocycles. The second-order valence-electron chi connectivity index (χ2n) is 5.48. The highest BCUT2D eigenvalue weighted by Crippen LogP contribution is 2.12. The maximum atomic E-state index is 12.1. The van der Waals surface area contributed by atoms with Gasteiger partial charge in [-0.25, -0.2) is 9.59 Å². The molecule has 0 bridgehead atoms. The molecule has 0 spiro atoms. The maximum absolute atomic E-state index is 12.1. The first-order valence-electron chi connectivity index (χ1n) is 7.70. The SMILES string of the molecule is COC(=O)/C=C/C(=O)OC[C@@H]1NC(=O)[C@H](Cc2ccc(O)cc2)NC1=O. The zero-order valence-corrected chi connectivity index (χ0v) is 13.9. The number of carbonyl (C=O) groups is 4. The van der Waals surface area contributed by atoms with Gasteiger partial charge in [0.1, 0.15) is 24.4 Å². The summed E-state index contributed by atoms with van der Waals surface area (Å²) in [6, 6.07) is 4.49. The largest absolute Gasteiger partial charge is 0.508 e. The number of phenols is 1. The molecule has 1 heterocycles. The van der Waals surface area contributed by atoms with Crippen LogP contribution in [-0.2, 0) is 35.1 Å². The van der Waals surface area contributed by atoms with E-state index in [0.29, 0.717) is 0 Å². The minimum atomic E-state index is -1.02. The number of ether oxygens (including phenoxy) is 2. The van der Waals surface area contributed by atoms with Crippen LogP contribution in [0.5, 0.6) is 5.75 Å².